The predicted molar refractivity (Wildman–Crippen MR) is 103 cm³/mol. The molecule has 5 rings (SSSR count). The van der Waals surface area contributed by atoms with E-state index >= 15 is 0 Å². The van der Waals surface area contributed by atoms with Gasteiger partial charge in [0, 0.05) is 22.7 Å². The molecular weight excluding hydrogens is 342 g/mol. The maximum atomic E-state index is 5.33. The second-order valence-corrected chi connectivity index (χ2v) is 5.98. The standard InChI is InChI=1S/C19H15N7O/c1-27-14-5-6-17-15(10-14)16-11-20-25-18(16)19(24-17)23-12-3-2-4-13(9-12)26-21-7-8-22-26/h2-11H,1H3,(H,20,25)(H,23,24). The lowest BCUT2D eigenvalue weighted by Crippen LogP contribution is -2.00. The average molecular weight is 357 g/mol. The summed E-state index contributed by atoms with van der Waals surface area (Å²) in [5.41, 5.74) is 3.35. The van der Waals surface area contributed by atoms with Gasteiger partial charge in [0.05, 0.1) is 30.7 Å². The van der Waals surface area contributed by atoms with E-state index in [2.05, 4.69) is 25.7 Å². The lowest BCUT2D eigenvalue weighted by molar-refractivity contribution is 0.415. The van der Waals surface area contributed by atoms with Crippen LogP contribution in [0.5, 0.6) is 5.75 Å². The first-order valence-electron chi connectivity index (χ1n) is 8.37. The molecule has 3 heterocycles. The summed E-state index contributed by atoms with van der Waals surface area (Å²) in [4.78, 5) is 6.32. The molecule has 132 valence electrons. The number of aromatic amines is 1. The zero-order valence-electron chi connectivity index (χ0n) is 14.4. The van der Waals surface area contributed by atoms with Crippen molar-refractivity contribution in [1.29, 1.82) is 0 Å². The molecule has 0 spiro atoms. The third-order valence-corrected chi connectivity index (χ3v) is 4.35. The maximum Gasteiger partial charge on any atom is 0.159 e. The van der Waals surface area contributed by atoms with Gasteiger partial charge < -0.3 is 10.1 Å². The van der Waals surface area contributed by atoms with Gasteiger partial charge in [-0.2, -0.15) is 20.1 Å². The van der Waals surface area contributed by atoms with Crippen LogP contribution in [-0.4, -0.2) is 37.3 Å². The Bertz CT molecular complexity index is 1240. The van der Waals surface area contributed by atoms with E-state index in [1.807, 2.05) is 48.7 Å². The van der Waals surface area contributed by atoms with Crippen molar-refractivity contribution >= 4 is 33.3 Å². The quantitative estimate of drug-likeness (QED) is 0.512. The van der Waals surface area contributed by atoms with Crippen LogP contribution in [0.3, 0.4) is 0 Å². The van der Waals surface area contributed by atoms with Gasteiger partial charge in [0.15, 0.2) is 5.82 Å². The number of anilines is 2. The van der Waals surface area contributed by atoms with Gasteiger partial charge >= 0.3 is 0 Å². The van der Waals surface area contributed by atoms with E-state index in [0.29, 0.717) is 5.82 Å². The number of H-pyrrole nitrogens is 1. The van der Waals surface area contributed by atoms with Gasteiger partial charge in [-0.3, -0.25) is 5.10 Å². The van der Waals surface area contributed by atoms with Crippen molar-refractivity contribution in [3.8, 4) is 11.4 Å². The van der Waals surface area contributed by atoms with E-state index in [0.717, 1.165) is 38.9 Å². The first-order chi connectivity index (χ1) is 13.3. The molecule has 0 saturated carbocycles. The summed E-state index contributed by atoms with van der Waals surface area (Å²) in [6.45, 7) is 0. The van der Waals surface area contributed by atoms with E-state index in [9.17, 15) is 0 Å². The zero-order valence-corrected chi connectivity index (χ0v) is 14.4. The topological polar surface area (TPSA) is 93.5 Å². The molecule has 0 bridgehead atoms. The van der Waals surface area contributed by atoms with E-state index < -0.39 is 0 Å². The Balaban J connectivity index is 1.61. The van der Waals surface area contributed by atoms with Crippen LogP contribution in [0, 0.1) is 0 Å². The molecule has 0 saturated heterocycles. The number of hydrogen-bond acceptors (Lipinski definition) is 6. The lowest BCUT2D eigenvalue weighted by atomic mass is 10.1. The number of pyridine rings is 1. The minimum Gasteiger partial charge on any atom is -0.497 e. The highest BCUT2D eigenvalue weighted by Gasteiger charge is 2.12. The minimum atomic E-state index is 0.675. The van der Waals surface area contributed by atoms with Crippen LogP contribution in [0.1, 0.15) is 0 Å². The van der Waals surface area contributed by atoms with Crippen molar-refractivity contribution in [2.75, 3.05) is 12.4 Å². The summed E-state index contributed by atoms with van der Waals surface area (Å²) in [5.74, 6) is 1.46. The van der Waals surface area contributed by atoms with Crippen molar-refractivity contribution in [3.63, 3.8) is 0 Å². The van der Waals surface area contributed by atoms with Gasteiger partial charge in [-0.05, 0) is 36.4 Å². The molecule has 8 nitrogen and oxygen atoms in total. The monoisotopic (exact) mass is 357 g/mol. The van der Waals surface area contributed by atoms with Crippen LogP contribution in [0.25, 0.3) is 27.5 Å². The van der Waals surface area contributed by atoms with E-state index in [4.69, 9.17) is 9.72 Å². The van der Waals surface area contributed by atoms with Gasteiger partial charge in [-0.1, -0.05) is 6.07 Å². The Morgan fingerprint density at radius 3 is 2.78 bits per heavy atom. The Morgan fingerprint density at radius 1 is 1.04 bits per heavy atom. The Kier molecular flexibility index (Phi) is 3.46. The number of ether oxygens (including phenoxy) is 1. The highest BCUT2D eigenvalue weighted by Crippen LogP contribution is 2.31. The Labute approximate surface area is 153 Å². The summed E-state index contributed by atoms with van der Waals surface area (Å²) in [6.07, 6.45) is 5.16. The number of methoxy groups -OCH3 is 1. The molecule has 2 N–H and O–H groups in total. The molecule has 0 aliphatic heterocycles. The molecule has 27 heavy (non-hydrogen) atoms. The number of nitrogens with zero attached hydrogens (tertiary/aromatic N) is 5. The Morgan fingerprint density at radius 2 is 1.93 bits per heavy atom. The molecular formula is C19H15N7O. The van der Waals surface area contributed by atoms with E-state index in [1.165, 1.54) is 0 Å². The molecule has 0 unspecified atom stereocenters. The summed E-state index contributed by atoms with van der Waals surface area (Å²) >= 11 is 0. The number of rotatable bonds is 4. The summed E-state index contributed by atoms with van der Waals surface area (Å²) in [7, 11) is 1.65. The third kappa shape index (κ3) is 2.63. The molecule has 3 aromatic heterocycles. The molecule has 0 radical (unpaired) electrons. The molecule has 0 fully saturated rings. The van der Waals surface area contributed by atoms with Crippen LogP contribution in [0.2, 0.25) is 0 Å². The van der Waals surface area contributed by atoms with Gasteiger partial charge in [-0.25, -0.2) is 4.98 Å². The molecule has 5 aromatic rings. The second kappa shape index (κ2) is 6.10. The van der Waals surface area contributed by atoms with Crippen molar-refractivity contribution < 1.29 is 4.74 Å². The maximum absolute atomic E-state index is 5.33. The van der Waals surface area contributed by atoms with Gasteiger partial charge in [0.25, 0.3) is 0 Å². The molecule has 0 aliphatic carbocycles. The zero-order chi connectivity index (χ0) is 18.2. The normalized spacial score (nSPS) is 11.1. The predicted octanol–water partition coefficient (Wildman–Crippen LogP) is 3.44. The highest BCUT2D eigenvalue weighted by atomic mass is 16.5. The number of nitrogens with one attached hydrogen (secondary N) is 2. The number of fused-ring (bicyclic) bond motifs is 3. The van der Waals surface area contributed by atoms with Crippen LogP contribution < -0.4 is 10.1 Å². The molecule has 0 atom stereocenters. The number of benzene rings is 2. The minimum absolute atomic E-state index is 0.675. The fraction of sp³-hybridized carbons (Fsp3) is 0.0526. The second-order valence-electron chi connectivity index (χ2n) is 5.98. The summed E-state index contributed by atoms with van der Waals surface area (Å²) in [6, 6.07) is 13.6. The third-order valence-electron chi connectivity index (χ3n) is 4.35. The number of aromatic nitrogens is 6. The van der Waals surface area contributed by atoms with Crippen LogP contribution >= 0.6 is 0 Å². The smallest absolute Gasteiger partial charge is 0.159 e. The van der Waals surface area contributed by atoms with Crippen LogP contribution in [0.15, 0.2) is 61.1 Å². The average Bonchev–Trinajstić information content (AvgIpc) is 3.40. The van der Waals surface area contributed by atoms with Crippen molar-refractivity contribution in [1.82, 2.24) is 30.2 Å². The first-order valence-corrected chi connectivity index (χ1v) is 8.37. The fourth-order valence-electron chi connectivity index (χ4n) is 3.09. The molecule has 0 amide bonds. The van der Waals surface area contributed by atoms with Crippen LogP contribution in [0.4, 0.5) is 11.5 Å². The van der Waals surface area contributed by atoms with Crippen molar-refractivity contribution in [2.24, 2.45) is 0 Å². The van der Waals surface area contributed by atoms with E-state index in [1.54, 1.807) is 24.3 Å². The first kappa shape index (κ1) is 15.3. The number of hydrogen-bond donors (Lipinski definition) is 2. The Hall–Kier alpha value is -3.94. The van der Waals surface area contributed by atoms with E-state index in [-0.39, 0.29) is 0 Å². The molecule has 0 aliphatic rings. The molecule has 8 heteroatoms. The fourth-order valence-corrected chi connectivity index (χ4v) is 3.09. The molecule has 2 aromatic carbocycles. The lowest BCUT2D eigenvalue weighted by Gasteiger charge is -2.10. The van der Waals surface area contributed by atoms with Crippen LogP contribution in [-0.2, 0) is 0 Å². The van der Waals surface area contributed by atoms with Gasteiger partial charge in [-0.15, -0.1) is 0 Å². The van der Waals surface area contributed by atoms with Gasteiger partial charge in [0.1, 0.15) is 11.3 Å². The summed E-state index contributed by atoms with van der Waals surface area (Å²) in [5, 5.41) is 21.0. The largest absolute Gasteiger partial charge is 0.497 e. The summed E-state index contributed by atoms with van der Waals surface area (Å²) < 4.78 is 5.33. The van der Waals surface area contributed by atoms with Gasteiger partial charge in [0.2, 0.25) is 0 Å². The highest BCUT2D eigenvalue weighted by molar-refractivity contribution is 6.09. The SMILES string of the molecule is COc1ccc2nc(Nc3cccc(-n4nccn4)c3)c3n[nH]cc3c2c1. The van der Waals surface area contributed by atoms with Crippen molar-refractivity contribution in [2.45, 2.75) is 0 Å². The van der Waals surface area contributed by atoms with Crippen molar-refractivity contribution in [3.05, 3.63) is 61.1 Å².